The molecule has 3 heteroatoms. The van der Waals surface area contributed by atoms with Crippen LogP contribution in [0.15, 0.2) is 83.3 Å². The van der Waals surface area contributed by atoms with Crippen molar-refractivity contribution in [2.75, 3.05) is 14.1 Å². The van der Waals surface area contributed by atoms with E-state index in [1.807, 2.05) is 24.3 Å². The first-order valence-electron chi connectivity index (χ1n) is 8.49. The molecular formula is C23H21BrClN. The number of hydrogen-bond acceptors (Lipinski definition) is 1. The quantitative estimate of drug-likeness (QED) is 0.421. The lowest BCUT2D eigenvalue weighted by Gasteiger charge is -2.22. The van der Waals surface area contributed by atoms with Crippen LogP contribution in [0.3, 0.4) is 0 Å². The van der Waals surface area contributed by atoms with Crippen molar-refractivity contribution in [1.29, 1.82) is 0 Å². The SMILES string of the molecule is CN(C)C(C=Cc1ccc(Cl)cc1)c1ccc(-c2ccc(Br)cc2)cc1. The van der Waals surface area contributed by atoms with Gasteiger partial charge in [-0.1, -0.05) is 88.2 Å². The largest absolute Gasteiger partial charge is 0.299 e. The Morgan fingerprint density at radius 3 is 1.88 bits per heavy atom. The van der Waals surface area contributed by atoms with Crippen LogP contribution in [-0.4, -0.2) is 19.0 Å². The van der Waals surface area contributed by atoms with Gasteiger partial charge < -0.3 is 0 Å². The van der Waals surface area contributed by atoms with E-state index in [1.165, 1.54) is 16.7 Å². The lowest BCUT2D eigenvalue weighted by atomic mass is 9.99. The van der Waals surface area contributed by atoms with Crippen LogP contribution in [0.2, 0.25) is 5.02 Å². The van der Waals surface area contributed by atoms with Gasteiger partial charge in [0.2, 0.25) is 0 Å². The maximum atomic E-state index is 5.96. The Morgan fingerprint density at radius 2 is 1.35 bits per heavy atom. The molecule has 0 N–H and O–H groups in total. The Labute approximate surface area is 169 Å². The average Bonchev–Trinajstić information content (AvgIpc) is 2.64. The van der Waals surface area contributed by atoms with Crippen molar-refractivity contribution >= 4 is 33.6 Å². The first-order chi connectivity index (χ1) is 12.5. The highest BCUT2D eigenvalue weighted by Gasteiger charge is 2.10. The molecule has 1 atom stereocenters. The molecule has 0 aliphatic heterocycles. The Bertz CT molecular complexity index is 866. The molecule has 3 rings (SSSR count). The fraction of sp³-hybridized carbons (Fsp3) is 0.130. The Balaban J connectivity index is 1.81. The Kier molecular flexibility index (Phi) is 6.31. The first kappa shape index (κ1) is 18.9. The van der Waals surface area contributed by atoms with Crippen LogP contribution in [0, 0.1) is 0 Å². The molecule has 3 aromatic rings. The molecule has 0 spiro atoms. The average molecular weight is 427 g/mol. The third kappa shape index (κ3) is 4.85. The molecule has 3 aromatic carbocycles. The Hall–Kier alpha value is -1.87. The van der Waals surface area contributed by atoms with Gasteiger partial charge in [0.15, 0.2) is 0 Å². The van der Waals surface area contributed by atoms with Crippen LogP contribution >= 0.6 is 27.5 Å². The van der Waals surface area contributed by atoms with Gasteiger partial charge in [-0.05, 0) is 60.6 Å². The van der Waals surface area contributed by atoms with Crippen molar-refractivity contribution < 1.29 is 0 Å². The molecule has 1 nitrogen and oxygen atoms in total. The van der Waals surface area contributed by atoms with Crippen LogP contribution in [0.5, 0.6) is 0 Å². The van der Waals surface area contributed by atoms with Crippen LogP contribution < -0.4 is 0 Å². The zero-order valence-electron chi connectivity index (χ0n) is 14.9. The molecule has 1 unspecified atom stereocenters. The molecule has 0 aromatic heterocycles. The van der Waals surface area contributed by atoms with Crippen molar-refractivity contribution in [3.05, 3.63) is 99.5 Å². The van der Waals surface area contributed by atoms with Crippen molar-refractivity contribution in [3.8, 4) is 11.1 Å². The van der Waals surface area contributed by atoms with Gasteiger partial charge in [0.25, 0.3) is 0 Å². The number of nitrogens with zero attached hydrogens (tertiary/aromatic N) is 1. The smallest absolute Gasteiger partial charge is 0.0529 e. The summed E-state index contributed by atoms with van der Waals surface area (Å²) in [6, 6.07) is 25.3. The maximum absolute atomic E-state index is 5.96. The summed E-state index contributed by atoms with van der Waals surface area (Å²) in [5.74, 6) is 0. The lowest BCUT2D eigenvalue weighted by molar-refractivity contribution is 0.352. The van der Waals surface area contributed by atoms with E-state index in [4.69, 9.17) is 11.6 Å². The van der Waals surface area contributed by atoms with Gasteiger partial charge in [-0.15, -0.1) is 0 Å². The van der Waals surface area contributed by atoms with E-state index >= 15 is 0 Å². The van der Waals surface area contributed by atoms with E-state index in [2.05, 4.69) is 95.6 Å². The molecular weight excluding hydrogens is 406 g/mol. The zero-order chi connectivity index (χ0) is 18.5. The summed E-state index contributed by atoms with van der Waals surface area (Å²) in [4.78, 5) is 2.21. The lowest BCUT2D eigenvalue weighted by Crippen LogP contribution is -2.17. The molecule has 0 bridgehead atoms. The monoisotopic (exact) mass is 425 g/mol. The fourth-order valence-electron chi connectivity index (χ4n) is 2.87. The molecule has 0 aliphatic rings. The third-order valence-electron chi connectivity index (χ3n) is 4.33. The maximum Gasteiger partial charge on any atom is 0.0529 e. The molecule has 0 amide bonds. The number of likely N-dealkylation sites (N-methyl/N-ethyl adjacent to an activating group) is 1. The summed E-state index contributed by atoms with van der Waals surface area (Å²) in [5.41, 5.74) is 4.85. The second-order valence-corrected chi connectivity index (χ2v) is 7.80. The van der Waals surface area contributed by atoms with E-state index in [0.29, 0.717) is 0 Å². The first-order valence-corrected chi connectivity index (χ1v) is 9.66. The number of benzene rings is 3. The number of halogens is 2. The van der Waals surface area contributed by atoms with Gasteiger partial charge in [-0.3, -0.25) is 4.90 Å². The predicted molar refractivity (Wildman–Crippen MR) is 116 cm³/mol. The molecule has 0 heterocycles. The van der Waals surface area contributed by atoms with Crippen LogP contribution in [0.4, 0.5) is 0 Å². The molecule has 0 fully saturated rings. The van der Waals surface area contributed by atoms with Crippen molar-refractivity contribution in [2.24, 2.45) is 0 Å². The summed E-state index contributed by atoms with van der Waals surface area (Å²) in [6.07, 6.45) is 4.36. The van der Waals surface area contributed by atoms with Crippen LogP contribution in [-0.2, 0) is 0 Å². The summed E-state index contributed by atoms with van der Waals surface area (Å²) in [6.45, 7) is 0. The van der Waals surface area contributed by atoms with Crippen molar-refractivity contribution in [1.82, 2.24) is 4.90 Å². The highest BCUT2D eigenvalue weighted by Crippen LogP contribution is 2.26. The van der Waals surface area contributed by atoms with Crippen LogP contribution in [0.1, 0.15) is 17.2 Å². The summed E-state index contributed by atoms with van der Waals surface area (Å²) < 4.78 is 1.10. The molecule has 26 heavy (non-hydrogen) atoms. The minimum absolute atomic E-state index is 0.213. The second-order valence-electron chi connectivity index (χ2n) is 6.45. The zero-order valence-corrected chi connectivity index (χ0v) is 17.2. The minimum Gasteiger partial charge on any atom is -0.299 e. The summed E-state index contributed by atoms with van der Waals surface area (Å²) >= 11 is 9.44. The van der Waals surface area contributed by atoms with E-state index in [9.17, 15) is 0 Å². The van der Waals surface area contributed by atoms with E-state index in [1.54, 1.807) is 0 Å². The van der Waals surface area contributed by atoms with Gasteiger partial charge in [-0.25, -0.2) is 0 Å². The molecule has 132 valence electrons. The van der Waals surface area contributed by atoms with E-state index < -0.39 is 0 Å². The van der Waals surface area contributed by atoms with Crippen molar-refractivity contribution in [2.45, 2.75) is 6.04 Å². The normalized spacial score (nSPS) is 12.7. The van der Waals surface area contributed by atoms with Gasteiger partial charge in [-0.2, -0.15) is 0 Å². The molecule has 0 saturated carbocycles. The minimum atomic E-state index is 0.213. The van der Waals surface area contributed by atoms with Gasteiger partial charge >= 0.3 is 0 Å². The fourth-order valence-corrected chi connectivity index (χ4v) is 3.26. The van der Waals surface area contributed by atoms with Gasteiger partial charge in [0.05, 0.1) is 6.04 Å². The van der Waals surface area contributed by atoms with Gasteiger partial charge in [0.1, 0.15) is 0 Å². The highest BCUT2D eigenvalue weighted by molar-refractivity contribution is 9.10. The highest BCUT2D eigenvalue weighted by atomic mass is 79.9. The molecule has 0 radical (unpaired) electrons. The molecule has 0 saturated heterocycles. The second kappa shape index (κ2) is 8.68. The van der Waals surface area contributed by atoms with Crippen molar-refractivity contribution in [3.63, 3.8) is 0 Å². The van der Waals surface area contributed by atoms with Crippen LogP contribution in [0.25, 0.3) is 17.2 Å². The molecule has 0 aliphatic carbocycles. The standard InChI is InChI=1S/C23H21BrClN/c1-26(2)23(16-5-17-3-14-22(25)15-4-17)20-8-6-18(7-9-20)19-10-12-21(24)13-11-19/h3-16,23H,1-2H3. The third-order valence-corrected chi connectivity index (χ3v) is 5.11. The van der Waals surface area contributed by atoms with E-state index in [0.717, 1.165) is 15.1 Å². The summed E-state index contributed by atoms with van der Waals surface area (Å²) in [7, 11) is 4.19. The Morgan fingerprint density at radius 1 is 0.808 bits per heavy atom. The number of hydrogen-bond donors (Lipinski definition) is 0. The topological polar surface area (TPSA) is 3.24 Å². The predicted octanol–water partition coefficient (Wildman–Crippen LogP) is 7.09. The number of rotatable bonds is 5. The van der Waals surface area contributed by atoms with E-state index in [-0.39, 0.29) is 6.04 Å². The summed E-state index contributed by atoms with van der Waals surface area (Å²) in [5, 5.41) is 0.759. The van der Waals surface area contributed by atoms with Gasteiger partial charge in [0, 0.05) is 9.50 Å².